The second-order valence-electron chi connectivity index (χ2n) is 11.8. The molecule has 0 saturated carbocycles. The Hall–Kier alpha value is -2.27. The fourth-order valence-corrected chi connectivity index (χ4v) is 6.13. The van der Waals surface area contributed by atoms with Crippen molar-refractivity contribution in [2.45, 2.75) is 77.8 Å². The van der Waals surface area contributed by atoms with Crippen LogP contribution < -0.4 is 0 Å². The van der Waals surface area contributed by atoms with E-state index in [-0.39, 0.29) is 11.6 Å². The fraction of sp³-hybridized carbons (Fsp3) is 0.576. The molecule has 0 spiro atoms. The molecule has 2 nitrogen and oxygen atoms in total. The minimum Gasteiger partial charge on any atom is -0.371 e. The van der Waals surface area contributed by atoms with E-state index in [9.17, 15) is 4.39 Å². The monoisotopic (exact) mass is 526 g/mol. The van der Waals surface area contributed by atoms with Crippen LogP contribution in [0.5, 0.6) is 0 Å². The molecule has 1 unspecified atom stereocenters. The summed E-state index contributed by atoms with van der Waals surface area (Å²) in [4.78, 5) is 4.49. The topological polar surface area (TPSA) is 6.48 Å². The molecular weight excluding hydrogens is 481 g/mol. The number of hydrogen-bond donors (Lipinski definition) is 0. The number of alkyl halides is 1. The second kappa shape index (κ2) is 12.7. The van der Waals surface area contributed by atoms with Gasteiger partial charge < -0.3 is 9.80 Å². The maximum Gasteiger partial charge on any atom is 0.131 e. The smallest absolute Gasteiger partial charge is 0.131 e. The molecule has 4 rings (SSSR count). The lowest BCUT2D eigenvalue weighted by Gasteiger charge is -2.36. The minimum absolute atomic E-state index is 0.275. The molecule has 2 heterocycles. The van der Waals surface area contributed by atoms with E-state index in [2.05, 4.69) is 23.3 Å². The molecule has 0 amide bonds. The van der Waals surface area contributed by atoms with E-state index in [0.29, 0.717) is 54.3 Å². The average molecular weight is 527 g/mol. The first kappa shape index (κ1) is 28.7. The number of halogens is 3. The highest BCUT2D eigenvalue weighted by molar-refractivity contribution is 5.70. The molecule has 2 aromatic carbocycles. The van der Waals surface area contributed by atoms with E-state index >= 15 is 8.78 Å². The molecule has 208 valence electrons. The molecule has 0 N–H and O–H groups in total. The quantitative estimate of drug-likeness (QED) is 0.306. The molecular formula is C33H45F3N2. The number of nitrogens with zero attached hydrogens (tertiary/aromatic N) is 2. The third-order valence-electron chi connectivity index (χ3n) is 9.01. The van der Waals surface area contributed by atoms with Crippen LogP contribution in [0.4, 0.5) is 13.2 Å². The van der Waals surface area contributed by atoms with Crippen molar-refractivity contribution in [3.63, 3.8) is 0 Å². The minimum atomic E-state index is -1.09. The van der Waals surface area contributed by atoms with Gasteiger partial charge in [-0.2, -0.15) is 0 Å². The Morgan fingerprint density at radius 3 is 2.34 bits per heavy atom. The van der Waals surface area contributed by atoms with Gasteiger partial charge in [0.1, 0.15) is 17.3 Å². The molecule has 2 aliphatic rings. The zero-order valence-electron chi connectivity index (χ0n) is 23.5. The maximum atomic E-state index is 15.1. The summed E-state index contributed by atoms with van der Waals surface area (Å²) in [5.41, 5.74) is 2.20. The summed E-state index contributed by atoms with van der Waals surface area (Å²) in [5.74, 6) is 0.519. The maximum absolute atomic E-state index is 15.1. The van der Waals surface area contributed by atoms with Gasteiger partial charge in [0.25, 0.3) is 0 Å². The summed E-state index contributed by atoms with van der Waals surface area (Å²) in [6.45, 7) is 14.6. The number of hydrogen-bond acceptors (Lipinski definition) is 2. The Labute approximate surface area is 227 Å². The Morgan fingerprint density at radius 1 is 0.974 bits per heavy atom. The lowest BCUT2D eigenvalue weighted by Crippen LogP contribution is -2.43. The molecule has 0 bridgehead atoms. The van der Waals surface area contributed by atoms with Gasteiger partial charge in [-0.1, -0.05) is 51.6 Å². The Balaban J connectivity index is 1.32. The lowest BCUT2D eigenvalue weighted by atomic mass is 9.89. The highest BCUT2D eigenvalue weighted by Crippen LogP contribution is 2.31. The van der Waals surface area contributed by atoms with Gasteiger partial charge in [-0.05, 0) is 99.6 Å². The van der Waals surface area contributed by atoms with Crippen LogP contribution in [0, 0.1) is 23.5 Å². The SMILES string of the molecule is C=C(c1ccc(-c2ccc(CCC3CCN(CC(F)(CC)CC)CC3)c(F)c2)c(F)c1)N1CCCC(C)C1. The predicted octanol–water partition coefficient (Wildman–Crippen LogP) is 8.51. The van der Waals surface area contributed by atoms with Gasteiger partial charge in [0.05, 0.1) is 0 Å². The predicted molar refractivity (Wildman–Crippen MR) is 153 cm³/mol. The van der Waals surface area contributed by atoms with Crippen molar-refractivity contribution in [1.82, 2.24) is 9.80 Å². The number of rotatable bonds is 10. The van der Waals surface area contributed by atoms with Crippen molar-refractivity contribution < 1.29 is 13.2 Å². The number of benzene rings is 2. The molecule has 0 aliphatic carbocycles. The lowest BCUT2D eigenvalue weighted by molar-refractivity contribution is 0.0628. The van der Waals surface area contributed by atoms with Crippen LogP contribution in [-0.4, -0.2) is 48.2 Å². The van der Waals surface area contributed by atoms with Crippen molar-refractivity contribution >= 4 is 5.70 Å². The van der Waals surface area contributed by atoms with Gasteiger partial charge in [-0.25, -0.2) is 13.2 Å². The van der Waals surface area contributed by atoms with Crippen molar-refractivity contribution in [1.29, 1.82) is 0 Å². The summed E-state index contributed by atoms with van der Waals surface area (Å²) in [5, 5.41) is 0. The van der Waals surface area contributed by atoms with Crippen LogP contribution in [0.1, 0.15) is 76.8 Å². The van der Waals surface area contributed by atoms with Crippen molar-refractivity contribution in [2.24, 2.45) is 11.8 Å². The van der Waals surface area contributed by atoms with Gasteiger partial charge in [-0.15, -0.1) is 0 Å². The summed E-state index contributed by atoms with van der Waals surface area (Å²) in [6, 6.07) is 10.3. The normalized spacial score (nSPS) is 19.6. The molecule has 0 aromatic heterocycles. The molecule has 38 heavy (non-hydrogen) atoms. The summed E-state index contributed by atoms with van der Waals surface area (Å²) in [7, 11) is 0. The standard InChI is InChI=1S/C33H45F3N2/c1-5-33(36,6-2)23-37-18-15-26(16-19-37)9-10-27-11-12-29(21-31(27)34)30-14-13-28(20-32(30)35)25(4)38-17-7-8-24(3)22-38/h11-14,20-21,24,26H,4-10,15-19,22-23H2,1-3H3. The van der Waals surface area contributed by atoms with E-state index in [0.717, 1.165) is 63.1 Å². The molecule has 5 heteroatoms. The molecule has 2 aliphatic heterocycles. The average Bonchev–Trinajstić information content (AvgIpc) is 2.92. The van der Waals surface area contributed by atoms with E-state index < -0.39 is 5.67 Å². The van der Waals surface area contributed by atoms with Crippen LogP contribution in [0.3, 0.4) is 0 Å². The Morgan fingerprint density at radius 2 is 1.71 bits per heavy atom. The number of piperidine rings is 2. The number of likely N-dealkylation sites (tertiary alicyclic amines) is 2. The largest absolute Gasteiger partial charge is 0.371 e. The van der Waals surface area contributed by atoms with Crippen LogP contribution in [0.25, 0.3) is 16.8 Å². The third-order valence-corrected chi connectivity index (χ3v) is 9.01. The van der Waals surface area contributed by atoms with Gasteiger partial charge in [-0.3, -0.25) is 0 Å². The first-order valence-corrected chi connectivity index (χ1v) is 14.6. The van der Waals surface area contributed by atoms with E-state index in [1.807, 2.05) is 26.0 Å². The zero-order valence-corrected chi connectivity index (χ0v) is 23.5. The van der Waals surface area contributed by atoms with E-state index in [1.54, 1.807) is 12.1 Å². The van der Waals surface area contributed by atoms with Crippen LogP contribution in [0.2, 0.25) is 0 Å². The van der Waals surface area contributed by atoms with E-state index in [1.165, 1.54) is 18.6 Å². The van der Waals surface area contributed by atoms with Crippen LogP contribution in [-0.2, 0) is 6.42 Å². The van der Waals surface area contributed by atoms with Crippen molar-refractivity contribution in [2.75, 3.05) is 32.7 Å². The van der Waals surface area contributed by atoms with Crippen LogP contribution in [0.15, 0.2) is 43.0 Å². The van der Waals surface area contributed by atoms with Crippen molar-refractivity contribution in [3.05, 3.63) is 65.7 Å². The first-order chi connectivity index (χ1) is 18.2. The summed E-state index contributed by atoms with van der Waals surface area (Å²) in [6.07, 6.45) is 7.11. The van der Waals surface area contributed by atoms with Gasteiger partial charge in [0, 0.05) is 36.5 Å². The van der Waals surface area contributed by atoms with Crippen LogP contribution >= 0.6 is 0 Å². The van der Waals surface area contributed by atoms with E-state index in [4.69, 9.17) is 0 Å². The first-order valence-electron chi connectivity index (χ1n) is 14.6. The third kappa shape index (κ3) is 7.02. The Kier molecular flexibility index (Phi) is 9.62. The molecule has 2 saturated heterocycles. The highest BCUT2D eigenvalue weighted by atomic mass is 19.1. The molecule has 2 fully saturated rings. The number of aryl methyl sites for hydroxylation is 1. The second-order valence-corrected chi connectivity index (χ2v) is 11.8. The van der Waals surface area contributed by atoms with Gasteiger partial charge >= 0.3 is 0 Å². The zero-order chi connectivity index (χ0) is 27.3. The summed E-state index contributed by atoms with van der Waals surface area (Å²) < 4.78 is 44.9. The highest BCUT2D eigenvalue weighted by Gasteiger charge is 2.30. The van der Waals surface area contributed by atoms with Gasteiger partial charge in [0.15, 0.2) is 0 Å². The van der Waals surface area contributed by atoms with Crippen molar-refractivity contribution in [3.8, 4) is 11.1 Å². The van der Waals surface area contributed by atoms with Gasteiger partial charge in [0.2, 0.25) is 0 Å². The molecule has 0 radical (unpaired) electrons. The molecule has 2 aromatic rings. The summed E-state index contributed by atoms with van der Waals surface area (Å²) >= 11 is 0. The Bertz CT molecular complexity index is 1090. The molecule has 1 atom stereocenters. The fourth-order valence-electron chi connectivity index (χ4n) is 6.13.